The first-order valence-electron chi connectivity index (χ1n) is 11.1. The SMILES string of the molecule is CN(C=O)c1cc(N2CCN(C(=O)OC(C)(C)C)CC2)ccc1N(C)C1CCC(=O)NC1=O. The Labute approximate surface area is 194 Å². The Hall–Kier alpha value is -3.30. The molecule has 0 aliphatic carbocycles. The van der Waals surface area contributed by atoms with Crippen LogP contribution < -0.4 is 20.0 Å². The van der Waals surface area contributed by atoms with Crippen molar-refractivity contribution >= 4 is 41.4 Å². The number of rotatable bonds is 5. The van der Waals surface area contributed by atoms with Crippen LogP contribution in [-0.2, 0) is 19.1 Å². The lowest BCUT2D eigenvalue weighted by molar-refractivity contribution is -0.134. The predicted octanol–water partition coefficient (Wildman–Crippen LogP) is 1.58. The minimum Gasteiger partial charge on any atom is -0.444 e. The third-order valence-corrected chi connectivity index (χ3v) is 5.85. The van der Waals surface area contributed by atoms with E-state index in [9.17, 15) is 19.2 Å². The second-order valence-corrected chi connectivity index (χ2v) is 9.42. The summed E-state index contributed by atoms with van der Waals surface area (Å²) in [5.41, 5.74) is 1.76. The molecule has 33 heavy (non-hydrogen) atoms. The van der Waals surface area contributed by atoms with Gasteiger partial charge in [0.1, 0.15) is 11.6 Å². The number of hydrogen-bond donors (Lipinski definition) is 1. The van der Waals surface area contributed by atoms with Gasteiger partial charge in [-0.15, -0.1) is 0 Å². The van der Waals surface area contributed by atoms with Crippen molar-refractivity contribution in [2.45, 2.75) is 45.3 Å². The van der Waals surface area contributed by atoms with Crippen LogP contribution in [0.3, 0.4) is 0 Å². The molecule has 3 rings (SSSR count). The summed E-state index contributed by atoms with van der Waals surface area (Å²) in [6, 6.07) is 5.25. The number of amides is 4. The lowest BCUT2D eigenvalue weighted by atomic mass is 10.0. The van der Waals surface area contributed by atoms with Crippen LogP contribution in [0.5, 0.6) is 0 Å². The molecule has 10 nitrogen and oxygen atoms in total. The van der Waals surface area contributed by atoms with E-state index in [1.807, 2.05) is 39.0 Å². The molecule has 2 aliphatic rings. The number of carbonyl (C=O) groups excluding carboxylic acids is 4. The normalized spacial score (nSPS) is 19.1. The van der Waals surface area contributed by atoms with Crippen LogP contribution in [0.4, 0.5) is 21.9 Å². The smallest absolute Gasteiger partial charge is 0.410 e. The van der Waals surface area contributed by atoms with Crippen LogP contribution in [0.2, 0.25) is 0 Å². The van der Waals surface area contributed by atoms with Crippen molar-refractivity contribution in [1.82, 2.24) is 10.2 Å². The molecular formula is C23H33N5O5. The maximum atomic E-state index is 12.3. The first-order chi connectivity index (χ1) is 15.5. The molecule has 1 aromatic carbocycles. The van der Waals surface area contributed by atoms with Crippen LogP contribution >= 0.6 is 0 Å². The summed E-state index contributed by atoms with van der Waals surface area (Å²) in [6.07, 6.45) is 1.10. The van der Waals surface area contributed by atoms with Gasteiger partial charge in [0, 0.05) is 52.4 Å². The van der Waals surface area contributed by atoms with Crippen molar-refractivity contribution in [1.29, 1.82) is 0 Å². The van der Waals surface area contributed by atoms with E-state index in [0.29, 0.717) is 38.3 Å². The molecule has 0 spiro atoms. The Kier molecular flexibility index (Phi) is 7.14. The Morgan fingerprint density at radius 3 is 2.36 bits per heavy atom. The Bertz CT molecular complexity index is 920. The number of nitrogens with one attached hydrogen (secondary N) is 1. The molecule has 10 heteroatoms. The molecule has 2 heterocycles. The average molecular weight is 460 g/mol. The summed E-state index contributed by atoms with van der Waals surface area (Å²) in [5, 5.41) is 2.38. The Morgan fingerprint density at radius 2 is 1.79 bits per heavy atom. The van der Waals surface area contributed by atoms with E-state index in [-0.39, 0.29) is 24.3 Å². The highest BCUT2D eigenvalue weighted by Gasteiger charge is 2.32. The monoisotopic (exact) mass is 459 g/mol. The molecule has 2 saturated heterocycles. The zero-order valence-electron chi connectivity index (χ0n) is 20.0. The van der Waals surface area contributed by atoms with Gasteiger partial charge in [0.25, 0.3) is 0 Å². The van der Waals surface area contributed by atoms with Gasteiger partial charge >= 0.3 is 6.09 Å². The second kappa shape index (κ2) is 9.68. The lowest BCUT2D eigenvalue weighted by Crippen LogP contribution is -2.51. The van der Waals surface area contributed by atoms with Gasteiger partial charge in [-0.25, -0.2) is 4.79 Å². The zero-order valence-corrected chi connectivity index (χ0v) is 20.0. The number of likely N-dealkylation sites (N-methyl/N-ethyl adjacent to an activating group) is 1. The zero-order chi connectivity index (χ0) is 24.3. The van der Waals surface area contributed by atoms with E-state index in [0.717, 1.165) is 17.8 Å². The maximum absolute atomic E-state index is 12.3. The van der Waals surface area contributed by atoms with Crippen molar-refractivity contribution in [3.8, 4) is 0 Å². The number of nitrogens with zero attached hydrogens (tertiary/aromatic N) is 4. The molecule has 0 bridgehead atoms. The number of piperazine rings is 1. The quantitative estimate of drug-likeness (QED) is 0.527. The van der Waals surface area contributed by atoms with Gasteiger partial charge in [0.15, 0.2) is 0 Å². The van der Waals surface area contributed by atoms with Gasteiger partial charge in [-0.2, -0.15) is 0 Å². The minimum atomic E-state index is -0.535. The molecule has 180 valence electrons. The fraction of sp³-hybridized carbons (Fsp3) is 0.565. The largest absolute Gasteiger partial charge is 0.444 e. The molecule has 1 N–H and O–H groups in total. The van der Waals surface area contributed by atoms with Gasteiger partial charge < -0.3 is 24.3 Å². The highest BCUT2D eigenvalue weighted by molar-refractivity contribution is 6.02. The summed E-state index contributed by atoms with van der Waals surface area (Å²) in [4.78, 5) is 54.9. The van der Waals surface area contributed by atoms with Crippen molar-refractivity contribution in [2.24, 2.45) is 0 Å². The van der Waals surface area contributed by atoms with E-state index >= 15 is 0 Å². The molecule has 1 unspecified atom stereocenters. The van der Waals surface area contributed by atoms with E-state index < -0.39 is 11.6 Å². The van der Waals surface area contributed by atoms with Crippen LogP contribution in [-0.4, -0.2) is 81.1 Å². The number of benzene rings is 1. The molecule has 0 radical (unpaired) electrons. The minimum absolute atomic E-state index is 0.268. The summed E-state index contributed by atoms with van der Waals surface area (Å²) in [7, 11) is 3.45. The lowest BCUT2D eigenvalue weighted by Gasteiger charge is -2.38. The first-order valence-corrected chi connectivity index (χ1v) is 11.1. The number of ether oxygens (including phenoxy) is 1. The molecular weight excluding hydrogens is 426 g/mol. The number of imide groups is 1. The van der Waals surface area contributed by atoms with E-state index in [2.05, 4.69) is 10.2 Å². The van der Waals surface area contributed by atoms with Crippen molar-refractivity contribution in [3.05, 3.63) is 18.2 Å². The number of carbonyl (C=O) groups is 4. The number of piperidine rings is 1. The fourth-order valence-corrected chi connectivity index (χ4v) is 4.04. The molecule has 2 aliphatic heterocycles. The standard InChI is InChI=1S/C23H33N5O5/c1-23(2,3)33-22(32)28-12-10-27(11-13-28)16-6-7-17(19(14-16)25(4)15-29)26(5)18-8-9-20(30)24-21(18)31/h6-7,14-15,18H,8-13H2,1-5H3,(H,24,30,31). The Morgan fingerprint density at radius 1 is 1.12 bits per heavy atom. The summed E-state index contributed by atoms with van der Waals surface area (Å²) >= 11 is 0. The van der Waals surface area contributed by atoms with Gasteiger partial charge in [0.2, 0.25) is 18.2 Å². The van der Waals surface area contributed by atoms with Crippen LogP contribution in [0.25, 0.3) is 0 Å². The molecule has 0 saturated carbocycles. The van der Waals surface area contributed by atoms with E-state index in [1.165, 1.54) is 4.90 Å². The summed E-state index contributed by atoms with van der Waals surface area (Å²) < 4.78 is 5.46. The maximum Gasteiger partial charge on any atom is 0.410 e. The summed E-state index contributed by atoms with van der Waals surface area (Å²) in [5.74, 6) is -0.605. The van der Waals surface area contributed by atoms with Crippen molar-refractivity contribution in [2.75, 3.05) is 55.0 Å². The van der Waals surface area contributed by atoms with Crippen LogP contribution in [0.15, 0.2) is 18.2 Å². The molecule has 0 aromatic heterocycles. The topological polar surface area (TPSA) is 102 Å². The fourth-order valence-electron chi connectivity index (χ4n) is 4.04. The number of anilines is 3. The molecule has 2 fully saturated rings. The van der Waals surface area contributed by atoms with Crippen molar-refractivity contribution < 1.29 is 23.9 Å². The van der Waals surface area contributed by atoms with Gasteiger partial charge in [-0.1, -0.05) is 0 Å². The third-order valence-electron chi connectivity index (χ3n) is 5.85. The molecule has 1 aromatic rings. The highest BCUT2D eigenvalue weighted by Crippen LogP contribution is 2.34. The van der Waals surface area contributed by atoms with Gasteiger partial charge in [-0.3, -0.25) is 19.7 Å². The van der Waals surface area contributed by atoms with Crippen LogP contribution in [0, 0.1) is 0 Å². The highest BCUT2D eigenvalue weighted by atomic mass is 16.6. The predicted molar refractivity (Wildman–Crippen MR) is 126 cm³/mol. The van der Waals surface area contributed by atoms with E-state index in [1.54, 1.807) is 23.9 Å². The third kappa shape index (κ3) is 5.74. The van der Waals surface area contributed by atoms with Gasteiger partial charge in [0.05, 0.1) is 11.4 Å². The second-order valence-electron chi connectivity index (χ2n) is 9.42. The van der Waals surface area contributed by atoms with Crippen LogP contribution in [0.1, 0.15) is 33.6 Å². The first kappa shape index (κ1) is 24.3. The molecule has 4 amide bonds. The average Bonchev–Trinajstić information content (AvgIpc) is 2.76. The van der Waals surface area contributed by atoms with Gasteiger partial charge in [-0.05, 0) is 45.4 Å². The Balaban J connectivity index is 1.76. The summed E-state index contributed by atoms with van der Waals surface area (Å²) in [6.45, 7) is 7.87. The van der Waals surface area contributed by atoms with Crippen molar-refractivity contribution in [3.63, 3.8) is 0 Å². The number of hydrogen-bond acceptors (Lipinski definition) is 7. The molecule has 1 atom stereocenters. The van der Waals surface area contributed by atoms with E-state index in [4.69, 9.17) is 4.74 Å².